The van der Waals surface area contributed by atoms with Gasteiger partial charge in [-0.1, -0.05) is 126 Å². The van der Waals surface area contributed by atoms with E-state index in [4.69, 9.17) is 33.0 Å². The fourth-order valence-electron chi connectivity index (χ4n) is 6.48. The molecule has 1 fully saturated rings. The number of benzene rings is 5. The molecule has 0 saturated carbocycles. The number of anilines is 1. The quantitative estimate of drug-likeness (QED) is 0.179. The van der Waals surface area contributed by atoms with Crippen molar-refractivity contribution in [2.45, 2.75) is 18.4 Å². The van der Waals surface area contributed by atoms with Crippen LogP contribution in [0, 0.1) is 5.92 Å². The summed E-state index contributed by atoms with van der Waals surface area (Å²) < 4.78 is 7.58. The molecule has 1 N–H and O–H groups in total. The third-order valence-corrected chi connectivity index (χ3v) is 9.29. The van der Waals surface area contributed by atoms with Gasteiger partial charge in [0.15, 0.2) is 5.82 Å². The highest BCUT2D eigenvalue weighted by atomic mass is 35.5. The van der Waals surface area contributed by atoms with Crippen LogP contribution in [0.15, 0.2) is 127 Å². The van der Waals surface area contributed by atoms with Crippen molar-refractivity contribution in [1.29, 1.82) is 0 Å². The highest BCUT2D eigenvalue weighted by Crippen LogP contribution is 2.45. The molecule has 6 aromatic rings. The Hall–Kier alpha value is -4.42. The molecule has 224 valence electrons. The lowest BCUT2D eigenvalue weighted by atomic mass is 9.77. The summed E-state index contributed by atoms with van der Waals surface area (Å²) in [7, 11) is 0. The van der Waals surface area contributed by atoms with Crippen LogP contribution in [0.1, 0.15) is 29.5 Å². The van der Waals surface area contributed by atoms with Gasteiger partial charge in [-0.05, 0) is 59.4 Å². The molecular weight excluding hydrogens is 601 g/mol. The van der Waals surface area contributed by atoms with E-state index in [-0.39, 0.29) is 11.8 Å². The molecule has 5 aromatic carbocycles. The van der Waals surface area contributed by atoms with Crippen LogP contribution in [-0.4, -0.2) is 28.9 Å². The molecule has 1 aliphatic rings. The Kier molecular flexibility index (Phi) is 8.16. The number of nitrogens with one attached hydrogen (secondary N) is 1. The van der Waals surface area contributed by atoms with E-state index in [9.17, 15) is 4.79 Å². The summed E-state index contributed by atoms with van der Waals surface area (Å²) in [6.07, 6.45) is 1.35. The van der Waals surface area contributed by atoms with Gasteiger partial charge in [0, 0.05) is 40.1 Å². The first-order chi connectivity index (χ1) is 22.1. The largest absolute Gasteiger partial charge is 0.381 e. The van der Waals surface area contributed by atoms with E-state index in [1.54, 1.807) is 0 Å². The van der Waals surface area contributed by atoms with E-state index in [0.717, 1.165) is 38.7 Å². The number of nitrogens with zero attached hydrogens (tertiary/aromatic N) is 2. The summed E-state index contributed by atoms with van der Waals surface area (Å²) in [6, 6.07) is 42.7. The maximum atomic E-state index is 13.7. The molecule has 1 aliphatic heterocycles. The third kappa shape index (κ3) is 5.31. The minimum Gasteiger partial charge on any atom is -0.381 e. The number of carbonyl (C=O) groups excluding carboxylic acids is 1. The number of ether oxygens (including phenoxy) is 1. The second kappa shape index (κ2) is 12.5. The van der Waals surface area contributed by atoms with Gasteiger partial charge < -0.3 is 10.1 Å². The van der Waals surface area contributed by atoms with E-state index in [1.807, 2.05) is 91.0 Å². The van der Waals surface area contributed by atoms with Crippen molar-refractivity contribution in [1.82, 2.24) is 9.78 Å². The van der Waals surface area contributed by atoms with Crippen molar-refractivity contribution >= 4 is 45.8 Å². The standard InChI is InChI=1S/C38H31Cl2N3O2/c39-32-17-10-18-33(40)35(32)27-19-20-34-31(25-27)36(41-37(44)26-21-23-45-24-22-26)42-43(34)38(28-11-4-1-5-12-28,29-13-6-2-7-14-29)30-15-8-3-9-16-30/h1-20,25-26H,21-24H2,(H,41,42,44). The van der Waals surface area contributed by atoms with Crippen LogP contribution in [0.5, 0.6) is 0 Å². The number of rotatable bonds is 7. The third-order valence-electron chi connectivity index (χ3n) is 8.66. The molecule has 1 aromatic heterocycles. The predicted octanol–water partition coefficient (Wildman–Crippen LogP) is 9.22. The molecule has 2 heterocycles. The number of hydrogen-bond donors (Lipinski definition) is 1. The fourth-order valence-corrected chi connectivity index (χ4v) is 7.09. The van der Waals surface area contributed by atoms with Crippen LogP contribution in [0.2, 0.25) is 10.0 Å². The van der Waals surface area contributed by atoms with Gasteiger partial charge >= 0.3 is 0 Å². The van der Waals surface area contributed by atoms with Gasteiger partial charge in [0.25, 0.3) is 0 Å². The maximum absolute atomic E-state index is 13.7. The van der Waals surface area contributed by atoms with Crippen molar-refractivity contribution in [3.8, 4) is 11.1 Å². The van der Waals surface area contributed by atoms with Gasteiger partial charge in [0.05, 0.1) is 5.52 Å². The molecular formula is C38H31Cl2N3O2. The lowest BCUT2D eigenvalue weighted by Crippen LogP contribution is -2.38. The number of aromatic nitrogens is 2. The summed E-state index contributed by atoms with van der Waals surface area (Å²) in [5.41, 5.74) is 4.65. The lowest BCUT2D eigenvalue weighted by Gasteiger charge is -2.37. The number of fused-ring (bicyclic) bond motifs is 1. The Bertz CT molecular complexity index is 1840. The highest BCUT2D eigenvalue weighted by molar-refractivity contribution is 6.39. The van der Waals surface area contributed by atoms with Crippen molar-refractivity contribution in [2.75, 3.05) is 18.5 Å². The molecule has 1 amide bonds. The SMILES string of the molecule is O=C(Nc1nn(C(c2ccccc2)(c2ccccc2)c2ccccc2)c2ccc(-c3c(Cl)cccc3Cl)cc12)C1CCOCC1. The first kappa shape index (κ1) is 29.3. The summed E-state index contributed by atoms with van der Waals surface area (Å²) in [5, 5.41) is 10.4. The smallest absolute Gasteiger partial charge is 0.228 e. The Morgan fingerprint density at radius 2 is 1.27 bits per heavy atom. The average molecular weight is 633 g/mol. The normalized spacial score (nSPS) is 14.0. The fraction of sp³-hybridized carbons (Fsp3) is 0.158. The van der Waals surface area contributed by atoms with Gasteiger partial charge in [-0.15, -0.1) is 0 Å². The zero-order chi connectivity index (χ0) is 30.8. The molecule has 1 saturated heterocycles. The number of amides is 1. The van der Waals surface area contributed by atoms with Crippen LogP contribution in [0.3, 0.4) is 0 Å². The van der Waals surface area contributed by atoms with E-state index >= 15 is 0 Å². The minimum atomic E-state index is -0.868. The Morgan fingerprint density at radius 1 is 0.733 bits per heavy atom. The summed E-state index contributed by atoms with van der Waals surface area (Å²) >= 11 is 13.3. The highest BCUT2D eigenvalue weighted by Gasteiger charge is 2.41. The number of hydrogen-bond acceptors (Lipinski definition) is 3. The van der Waals surface area contributed by atoms with Crippen LogP contribution >= 0.6 is 23.2 Å². The molecule has 0 atom stereocenters. The zero-order valence-corrected chi connectivity index (χ0v) is 26.0. The maximum Gasteiger partial charge on any atom is 0.228 e. The topological polar surface area (TPSA) is 56.2 Å². The molecule has 0 aliphatic carbocycles. The predicted molar refractivity (Wildman–Crippen MR) is 182 cm³/mol. The van der Waals surface area contributed by atoms with Crippen LogP contribution in [0.25, 0.3) is 22.0 Å². The first-order valence-electron chi connectivity index (χ1n) is 15.1. The zero-order valence-electron chi connectivity index (χ0n) is 24.5. The molecule has 7 rings (SSSR count). The average Bonchev–Trinajstić information content (AvgIpc) is 3.44. The van der Waals surface area contributed by atoms with E-state index in [2.05, 4.69) is 46.4 Å². The Balaban J connectivity index is 1.53. The van der Waals surface area contributed by atoms with Crippen LogP contribution in [-0.2, 0) is 15.1 Å². The van der Waals surface area contributed by atoms with Gasteiger partial charge in [-0.3, -0.25) is 4.79 Å². The second-order valence-electron chi connectivity index (χ2n) is 11.3. The molecule has 0 bridgehead atoms. The van der Waals surface area contributed by atoms with Crippen LogP contribution < -0.4 is 5.32 Å². The van der Waals surface area contributed by atoms with Gasteiger partial charge in [-0.2, -0.15) is 5.10 Å². The first-order valence-corrected chi connectivity index (χ1v) is 15.9. The monoisotopic (exact) mass is 631 g/mol. The summed E-state index contributed by atoms with van der Waals surface area (Å²) in [5.74, 6) is 0.275. The van der Waals surface area contributed by atoms with Crippen molar-refractivity contribution in [3.63, 3.8) is 0 Å². The summed E-state index contributed by atoms with van der Waals surface area (Å²) in [4.78, 5) is 13.7. The van der Waals surface area contributed by atoms with E-state index < -0.39 is 5.54 Å². The Labute approximate surface area is 272 Å². The number of halogens is 2. The number of carbonyl (C=O) groups is 1. The van der Waals surface area contributed by atoms with Crippen molar-refractivity contribution < 1.29 is 9.53 Å². The van der Waals surface area contributed by atoms with E-state index in [1.165, 1.54) is 0 Å². The molecule has 5 nitrogen and oxygen atoms in total. The lowest BCUT2D eigenvalue weighted by molar-refractivity contribution is -0.122. The van der Waals surface area contributed by atoms with Crippen molar-refractivity contribution in [2.24, 2.45) is 5.92 Å². The second-order valence-corrected chi connectivity index (χ2v) is 12.1. The van der Waals surface area contributed by atoms with Gasteiger partial charge in [-0.25, -0.2) is 4.68 Å². The molecule has 0 unspecified atom stereocenters. The van der Waals surface area contributed by atoms with Gasteiger partial charge in [0.2, 0.25) is 5.91 Å². The van der Waals surface area contributed by atoms with E-state index in [0.29, 0.717) is 41.9 Å². The Morgan fingerprint density at radius 3 is 1.80 bits per heavy atom. The van der Waals surface area contributed by atoms with Crippen molar-refractivity contribution in [3.05, 3.63) is 154 Å². The molecule has 45 heavy (non-hydrogen) atoms. The molecule has 7 heteroatoms. The van der Waals surface area contributed by atoms with Gasteiger partial charge in [0.1, 0.15) is 5.54 Å². The van der Waals surface area contributed by atoms with Crippen LogP contribution in [0.4, 0.5) is 5.82 Å². The molecule has 0 spiro atoms. The summed E-state index contributed by atoms with van der Waals surface area (Å²) in [6.45, 7) is 1.14. The molecule has 0 radical (unpaired) electrons. The minimum absolute atomic E-state index is 0.0595.